The molecule has 1 aliphatic heterocycles. The highest BCUT2D eigenvalue weighted by Gasteiger charge is 2.51. The second kappa shape index (κ2) is 8.15. The van der Waals surface area contributed by atoms with Gasteiger partial charge in [-0.3, -0.25) is 9.69 Å². The number of anilines is 3. The van der Waals surface area contributed by atoms with Gasteiger partial charge >= 0.3 is 0 Å². The average molecular weight is 459 g/mol. The first-order valence-electron chi connectivity index (χ1n) is 12.8. The van der Waals surface area contributed by atoms with Gasteiger partial charge in [0.05, 0.1) is 17.6 Å². The molecule has 7 heteroatoms. The van der Waals surface area contributed by atoms with Crippen molar-refractivity contribution in [3.05, 3.63) is 41.4 Å². The van der Waals surface area contributed by atoms with Gasteiger partial charge in [-0.25, -0.2) is 15.0 Å². The zero-order chi connectivity index (χ0) is 23.4. The maximum Gasteiger partial charge on any atom is 0.228 e. The van der Waals surface area contributed by atoms with Crippen molar-refractivity contribution in [2.75, 3.05) is 30.4 Å². The van der Waals surface area contributed by atoms with Gasteiger partial charge < -0.3 is 10.2 Å². The van der Waals surface area contributed by atoms with E-state index in [0.29, 0.717) is 30.2 Å². The molecule has 1 N–H and O–H groups in total. The molecule has 1 saturated heterocycles. The molecule has 0 bridgehead atoms. The maximum absolute atomic E-state index is 12.7. The number of carbonyl (C=O) groups is 1. The summed E-state index contributed by atoms with van der Waals surface area (Å²) in [6.07, 6.45) is 12.4. The molecule has 7 nitrogen and oxygen atoms in total. The third-order valence-corrected chi connectivity index (χ3v) is 8.84. The van der Waals surface area contributed by atoms with Crippen LogP contribution in [-0.2, 0) is 4.79 Å². The van der Waals surface area contributed by atoms with Crippen molar-refractivity contribution >= 4 is 29.3 Å². The van der Waals surface area contributed by atoms with Crippen molar-refractivity contribution in [3.8, 4) is 0 Å². The number of carbonyl (C=O) groups excluding carboxylic acids is 1. The first-order chi connectivity index (χ1) is 16.4. The third-order valence-electron chi connectivity index (χ3n) is 8.84. The van der Waals surface area contributed by atoms with Crippen molar-refractivity contribution in [2.45, 2.75) is 70.4 Å². The second-order valence-electron chi connectivity index (χ2n) is 10.9. The molecule has 1 spiro atoms. The van der Waals surface area contributed by atoms with Crippen LogP contribution in [-0.4, -0.2) is 57.9 Å². The normalized spacial score (nSPS) is 28.1. The molecule has 0 amide bonds. The Bertz CT molecular complexity index is 1120. The maximum atomic E-state index is 12.7. The highest BCUT2D eigenvalue weighted by atomic mass is 16.1. The van der Waals surface area contributed by atoms with Crippen LogP contribution in [0.3, 0.4) is 0 Å². The van der Waals surface area contributed by atoms with E-state index in [2.05, 4.69) is 58.1 Å². The van der Waals surface area contributed by atoms with Gasteiger partial charge in [0.25, 0.3) is 0 Å². The van der Waals surface area contributed by atoms with Crippen molar-refractivity contribution in [2.24, 2.45) is 5.41 Å². The van der Waals surface area contributed by atoms with Gasteiger partial charge in [0, 0.05) is 54.8 Å². The number of hydrogen-bond acceptors (Lipinski definition) is 7. The third kappa shape index (κ3) is 3.52. The minimum absolute atomic E-state index is 0.131. The highest BCUT2D eigenvalue weighted by molar-refractivity contribution is 6.04. The first-order valence-corrected chi connectivity index (χ1v) is 12.8. The lowest BCUT2D eigenvalue weighted by Crippen LogP contribution is -2.55. The molecule has 6 rings (SSSR count). The SMILES string of the molecule is CC1CN(c2ccc(Nc3ncc4c(n3)C3C(=C4)C(=O)CCC34CCCC4)nc2)CC(C)N1C. The van der Waals surface area contributed by atoms with Crippen molar-refractivity contribution in [1.29, 1.82) is 0 Å². The zero-order valence-corrected chi connectivity index (χ0v) is 20.4. The predicted octanol–water partition coefficient (Wildman–Crippen LogP) is 4.55. The van der Waals surface area contributed by atoms with Crippen molar-refractivity contribution in [3.63, 3.8) is 0 Å². The number of hydrogen-bond donors (Lipinski definition) is 1. The minimum atomic E-state index is 0.131. The standard InChI is InChI=1S/C27H34N6O/c1-17-15-33(16-18(2)32(17)3)20-6-7-23(28-14-20)30-26-29-13-19-12-21-22(34)8-11-27(9-4-5-10-27)24(21)25(19)31-26/h6-7,12-14,17-18,24H,4-5,8-11,15-16H2,1-3H3,(H,28,29,30,31). The Hall–Kier alpha value is -2.80. The summed E-state index contributed by atoms with van der Waals surface area (Å²) < 4.78 is 0. The van der Waals surface area contributed by atoms with Crippen LogP contribution in [0.2, 0.25) is 0 Å². The van der Waals surface area contributed by atoms with E-state index >= 15 is 0 Å². The fourth-order valence-electron chi connectivity index (χ4n) is 6.71. The molecule has 0 radical (unpaired) electrons. The number of ketones is 1. The van der Waals surface area contributed by atoms with E-state index in [1.165, 1.54) is 25.7 Å². The Balaban J connectivity index is 1.22. The lowest BCUT2D eigenvalue weighted by Gasteiger charge is -2.43. The van der Waals surface area contributed by atoms with E-state index in [1.807, 2.05) is 18.5 Å². The number of Topliss-reactive ketones (excluding diaryl/α,β-unsaturated/α-hetero) is 1. The van der Waals surface area contributed by atoms with Crippen LogP contribution in [0, 0.1) is 5.41 Å². The van der Waals surface area contributed by atoms with Crippen molar-refractivity contribution < 1.29 is 4.79 Å². The average Bonchev–Trinajstić information content (AvgIpc) is 3.46. The fourth-order valence-corrected chi connectivity index (χ4v) is 6.71. The molecule has 3 atom stereocenters. The van der Waals surface area contributed by atoms with Crippen LogP contribution >= 0.6 is 0 Å². The van der Waals surface area contributed by atoms with E-state index in [1.54, 1.807) is 0 Å². The second-order valence-corrected chi connectivity index (χ2v) is 10.9. The van der Waals surface area contributed by atoms with Gasteiger partial charge in [-0.2, -0.15) is 0 Å². The summed E-state index contributed by atoms with van der Waals surface area (Å²) in [7, 11) is 2.20. The number of pyridine rings is 1. The molecule has 2 saturated carbocycles. The molecule has 4 aliphatic rings. The number of likely N-dealkylation sites (N-methyl/N-ethyl adjacent to an activating group) is 1. The summed E-state index contributed by atoms with van der Waals surface area (Å²) in [6.45, 7) is 6.54. The van der Waals surface area contributed by atoms with Crippen LogP contribution in [0.1, 0.15) is 69.5 Å². The summed E-state index contributed by atoms with van der Waals surface area (Å²) >= 11 is 0. The quantitative estimate of drug-likeness (QED) is 0.723. The van der Waals surface area contributed by atoms with E-state index in [-0.39, 0.29) is 11.3 Å². The van der Waals surface area contributed by atoms with Gasteiger partial charge in [-0.1, -0.05) is 12.8 Å². The van der Waals surface area contributed by atoms with Gasteiger partial charge in [-0.05, 0) is 63.8 Å². The lowest BCUT2D eigenvalue weighted by molar-refractivity contribution is -0.118. The predicted molar refractivity (Wildman–Crippen MR) is 134 cm³/mol. The number of nitrogens with one attached hydrogen (secondary N) is 1. The van der Waals surface area contributed by atoms with E-state index in [9.17, 15) is 4.79 Å². The van der Waals surface area contributed by atoms with Gasteiger partial charge in [0.1, 0.15) is 5.82 Å². The van der Waals surface area contributed by atoms with Gasteiger partial charge in [0.2, 0.25) is 5.95 Å². The number of fused-ring (bicyclic) bond motifs is 4. The molecule has 2 aromatic rings. The van der Waals surface area contributed by atoms with Crippen LogP contribution in [0.15, 0.2) is 30.1 Å². The van der Waals surface area contributed by atoms with E-state index in [4.69, 9.17) is 4.98 Å². The van der Waals surface area contributed by atoms with E-state index < -0.39 is 0 Å². The molecule has 3 heterocycles. The largest absolute Gasteiger partial charge is 0.367 e. The Labute approximate surface area is 201 Å². The fraction of sp³-hybridized carbons (Fsp3) is 0.556. The van der Waals surface area contributed by atoms with Crippen LogP contribution in [0.25, 0.3) is 6.08 Å². The monoisotopic (exact) mass is 458 g/mol. The molecular weight excluding hydrogens is 424 g/mol. The molecule has 3 fully saturated rings. The number of aromatic nitrogens is 3. The lowest BCUT2D eigenvalue weighted by atomic mass is 9.63. The molecular formula is C27H34N6O. The number of allylic oxidation sites excluding steroid dienone is 1. The summed E-state index contributed by atoms with van der Waals surface area (Å²) in [5, 5.41) is 3.31. The van der Waals surface area contributed by atoms with Crippen LogP contribution in [0.5, 0.6) is 0 Å². The molecule has 3 aliphatic carbocycles. The molecule has 178 valence electrons. The number of nitrogens with zero attached hydrogens (tertiary/aromatic N) is 5. The zero-order valence-electron chi connectivity index (χ0n) is 20.4. The Kier molecular flexibility index (Phi) is 5.21. The molecule has 34 heavy (non-hydrogen) atoms. The van der Waals surface area contributed by atoms with E-state index in [0.717, 1.165) is 47.8 Å². The minimum Gasteiger partial charge on any atom is -0.367 e. The van der Waals surface area contributed by atoms with Crippen molar-refractivity contribution in [1.82, 2.24) is 19.9 Å². The smallest absolute Gasteiger partial charge is 0.228 e. The topological polar surface area (TPSA) is 74.2 Å². The molecule has 0 aromatic carbocycles. The van der Waals surface area contributed by atoms with Gasteiger partial charge in [-0.15, -0.1) is 0 Å². The Morgan fingerprint density at radius 3 is 2.50 bits per heavy atom. The Morgan fingerprint density at radius 1 is 1.03 bits per heavy atom. The summed E-state index contributed by atoms with van der Waals surface area (Å²) in [5.41, 5.74) is 4.35. The van der Waals surface area contributed by atoms with Crippen LogP contribution < -0.4 is 10.2 Å². The number of rotatable bonds is 3. The van der Waals surface area contributed by atoms with Gasteiger partial charge in [0.15, 0.2) is 5.78 Å². The first kappa shape index (κ1) is 21.7. The Morgan fingerprint density at radius 2 is 1.79 bits per heavy atom. The highest BCUT2D eigenvalue weighted by Crippen LogP contribution is 2.60. The number of piperazine rings is 1. The molecule has 2 aromatic heterocycles. The summed E-state index contributed by atoms with van der Waals surface area (Å²) in [4.78, 5) is 31.7. The summed E-state index contributed by atoms with van der Waals surface area (Å²) in [5.74, 6) is 1.72. The summed E-state index contributed by atoms with van der Waals surface area (Å²) in [6, 6.07) is 5.15. The van der Waals surface area contributed by atoms with Crippen LogP contribution in [0.4, 0.5) is 17.5 Å². The molecule has 3 unspecified atom stereocenters.